The molecule has 0 saturated carbocycles. The van der Waals surface area contributed by atoms with Gasteiger partial charge < -0.3 is 28.9 Å². The normalized spacial score (nSPS) is 17.0. The van der Waals surface area contributed by atoms with Gasteiger partial charge in [0.05, 0.1) is 13.2 Å². The number of aliphatic hydroxyl groups is 3. The van der Waals surface area contributed by atoms with E-state index in [4.69, 9.17) is 13.6 Å². The van der Waals surface area contributed by atoms with Crippen LogP contribution in [-0.2, 0) is 18.4 Å². The molecule has 3 N–H and O–H groups in total. The van der Waals surface area contributed by atoms with Gasteiger partial charge in [0.2, 0.25) is 0 Å². The van der Waals surface area contributed by atoms with E-state index in [-0.39, 0.29) is 23.3 Å². The van der Waals surface area contributed by atoms with Crippen LogP contribution in [0.5, 0.6) is 0 Å². The van der Waals surface area contributed by atoms with Crippen LogP contribution in [0.4, 0.5) is 0 Å². The monoisotopic (exact) mass is 590 g/mol. The first-order valence-electron chi connectivity index (χ1n) is 13.9. The summed E-state index contributed by atoms with van der Waals surface area (Å²) in [5, 5.41) is 35.6. The molecule has 224 valence electrons. The van der Waals surface area contributed by atoms with Crippen molar-refractivity contribution >= 4 is 33.0 Å². The average molecular weight is 591 g/mol. The molecule has 0 aliphatic rings. The second-order valence-corrected chi connectivity index (χ2v) is 22.5. The Hall–Kier alpha value is -1.86. The van der Waals surface area contributed by atoms with Gasteiger partial charge in [-0.05, 0) is 40.5 Å². The predicted molar refractivity (Wildman–Crippen MR) is 165 cm³/mol. The van der Waals surface area contributed by atoms with Crippen LogP contribution < -0.4 is 10.4 Å². The van der Waals surface area contributed by atoms with Crippen LogP contribution in [0.2, 0.25) is 23.2 Å². The van der Waals surface area contributed by atoms with E-state index in [9.17, 15) is 20.1 Å². The van der Waals surface area contributed by atoms with Crippen molar-refractivity contribution in [3.8, 4) is 0 Å². The highest BCUT2D eigenvalue weighted by atomic mass is 28.4. The first-order valence-corrected chi connectivity index (χ1v) is 18.7. The molecule has 4 atom stereocenters. The summed E-state index contributed by atoms with van der Waals surface area (Å²) in [7, 11) is -5.25. The lowest BCUT2D eigenvalue weighted by Crippen LogP contribution is -2.68. The number of rotatable bonds is 12. The largest absolute Gasteiger partial charge is 0.457 e. The minimum Gasteiger partial charge on any atom is -0.457 e. The molecule has 0 aliphatic carbocycles. The lowest BCUT2D eigenvalue weighted by molar-refractivity contribution is -0.198. The average Bonchev–Trinajstić information content (AvgIpc) is 2.85. The molecule has 0 heterocycles. The molecule has 0 aromatic heterocycles. The summed E-state index contributed by atoms with van der Waals surface area (Å²) >= 11 is 0. The Morgan fingerprint density at radius 3 is 1.60 bits per heavy atom. The van der Waals surface area contributed by atoms with Gasteiger partial charge in [-0.3, -0.25) is 4.79 Å². The van der Waals surface area contributed by atoms with E-state index in [2.05, 4.69) is 54.6 Å². The molecule has 0 aliphatic heterocycles. The van der Waals surface area contributed by atoms with Gasteiger partial charge in [-0.1, -0.05) is 102 Å². The second-order valence-electron chi connectivity index (χ2n) is 13.4. The van der Waals surface area contributed by atoms with E-state index in [0.29, 0.717) is 0 Å². The van der Waals surface area contributed by atoms with Crippen molar-refractivity contribution < 1.29 is 33.7 Å². The molecule has 2 aromatic carbocycles. The Labute approximate surface area is 242 Å². The fraction of sp³-hybridized carbons (Fsp3) is 0.581. The number of esters is 1. The van der Waals surface area contributed by atoms with Crippen LogP contribution in [0.25, 0.3) is 0 Å². The highest BCUT2D eigenvalue weighted by molar-refractivity contribution is 6.99. The molecule has 40 heavy (non-hydrogen) atoms. The minimum absolute atomic E-state index is 0.109. The molecular weight excluding hydrogens is 541 g/mol. The minimum atomic E-state index is -2.99. The van der Waals surface area contributed by atoms with Crippen molar-refractivity contribution in [1.82, 2.24) is 0 Å². The smallest absolute Gasteiger partial charge is 0.303 e. The molecule has 0 unspecified atom stereocenters. The fourth-order valence-electron chi connectivity index (χ4n) is 4.67. The van der Waals surface area contributed by atoms with Crippen molar-refractivity contribution in [3.05, 3.63) is 60.7 Å². The van der Waals surface area contributed by atoms with Crippen molar-refractivity contribution in [1.29, 1.82) is 0 Å². The van der Waals surface area contributed by atoms with Crippen LogP contribution >= 0.6 is 0 Å². The molecule has 0 amide bonds. The van der Waals surface area contributed by atoms with Gasteiger partial charge in [0, 0.05) is 6.92 Å². The molecular formula is C31H50O7Si2. The van der Waals surface area contributed by atoms with E-state index in [1.54, 1.807) is 0 Å². The maximum atomic E-state index is 12.0. The Morgan fingerprint density at radius 2 is 1.23 bits per heavy atom. The summed E-state index contributed by atoms with van der Waals surface area (Å²) < 4.78 is 18.4. The van der Waals surface area contributed by atoms with E-state index < -0.39 is 46.5 Å². The molecule has 0 fully saturated rings. The number of hydrogen-bond donors (Lipinski definition) is 3. The fourth-order valence-corrected chi connectivity index (χ4v) is 10.2. The van der Waals surface area contributed by atoms with Crippen molar-refractivity contribution in [2.24, 2.45) is 0 Å². The molecule has 7 nitrogen and oxygen atoms in total. The molecule has 2 aromatic rings. The molecule has 9 heteroatoms. The molecule has 0 saturated heterocycles. The summed E-state index contributed by atoms with van der Waals surface area (Å²) in [5.74, 6) is -0.616. The van der Waals surface area contributed by atoms with Gasteiger partial charge in [0.1, 0.15) is 17.8 Å². The molecule has 0 spiro atoms. The van der Waals surface area contributed by atoms with Crippen LogP contribution in [-0.4, -0.2) is 75.1 Å². The zero-order valence-electron chi connectivity index (χ0n) is 25.9. The van der Waals surface area contributed by atoms with E-state index >= 15 is 0 Å². The van der Waals surface area contributed by atoms with Gasteiger partial charge >= 0.3 is 5.97 Å². The zero-order chi connectivity index (χ0) is 30.6. The summed E-state index contributed by atoms with van der Waals surface area (Å²) in [6, 6.07) is 19.9. The lowest BCUT2D eigenvalue weighted by atomic mass is 9.89. The third-order valence-corrected chi connectivity index (χ3v) is 17.7. The highest BCUT2D eigenvalue weighted by Crippen LogP contribution is 2.38. The maximum Gasteiger partial charge on any atom is 0.303 e. The number of ether oxygens (including phenoxy) is 1. The first-order chi connectivity index (χ1) is 18.3. The number of benzene rings is 2. The predicted octanol–water partition coefficient (Wildman–Crippen LogP) is 3.99. The van der Waals surface area contributed by atoms with Gasteiger partial charge in [0.25, 0.3) is 8.32 Å². The van der Waals surface area contributed by atoms with Crippen molar-refractivity contribution in [3.63, 3.8) is 0 Å². The standard InChI is InChI=1S/C31H50O7Si2/c1-23(32)38-27(22-36-39(9,10)29(2,3)4)31(8,35)28(34)26(33)21-37-40(30(5,6)7,24-17-13-11-14-18-24)25-19-15-12-16-20-25/h11-20,26-28,33-35H,21-22H2,1-10H3/t26-,27+,28-,31-/m0/s1. The topological polar surface area (TPSA) is 105 Å². The summed E-state index contributed by atoms with van der Waals surface area (Å²) in [4.78, 5) is 12.0. The second kappa shape index (κ2) is 13.0. The zero-order valence-corrected chi connectivity index (χ0v) is 27.9. The van der Waals surface area contributed by atoms with Gasteiger partial charge in [0.15, 0.2) is 14.4 Å². The Balaban J connectivity index is 2.39. The van der Waals surface area contributed by atoms with Crippen LogP contribution in [0.15, 0.2) is 60.7 Å². The van der Waals surface area contributed by atoms with E-state index in [1.807, 2.05) is 60.7 Å². The number of aliphatic hydroxyl groups excluding tert-OH is 2. The van der Waals surface area contributed by atoms with E-state index in [0.717, 1.165) is 10.4 Å². The highest BCUT2D eigenvalue weighted by Gasteiger charge is 2.52. The summed E-state index contributed by atoms with van der Waals surface area (Å²) in [6.07, 6.45) is -4.35. The number of carbonyl (C=O) groups is 1. The van der Waals surface area contributed by atoms with Crippen molar-refractivity contribution in [2.75, 3.05) is 13.2 Å². The molecule has 2 rings (SSSR count). The number of carbonyl (C=O) groups excluding carboxylic acids is 1. The third-order valence-electron chi connectivity index (χ3n) is 8.21. The third kappa shape index (κ3) is 7.70. The molecule has 0 radical (unpaired) electrons. The quantitative estimate of drug-likeness (QED) is 0.254. The van der Waals surface area contributed by atoms with Gasteiger partial charge in [-0.25, -0.2) is 0 Å². The van der Waals surface area contributed by atoms with E-state index in [1.165, 1.54) is 13.8 Å². The van der Waals surface area contributed by atoms with Gasteiger partial charge in [-0.15, -0.1) is 0 Å². The SMILES string of the molecule is CC(=O)O[C@H](CO[Si](C)(C)C(C)(C)C)[C@](C)(O)[C@@H](O)[C@@H](O)CO[Si](c1ccccc1)(c1ccccc1)C(C)(C)C. The lowest BCUT2D eigenvalue weighted by Gasteiger charge is -2.44. The first kappa shape index (κ1) is 34.3. The Kier molecular flexibility index (Phi) is 11.1. The Bertz CT molecular complexity index is 1040. The summed E-state index contributed by atoms with van der Waals surface area (Å²) in [5.41, 5.74) is -2.01. The summed E-state index contributed by atoms with van der Waals surface area (Å²) in [6.45, 7) is 19.0. The van der Waals surface area contributed by atoms with Crippen LogP contribution in [0.1, 0.15) is 55.4 Å². The number of hydrogen-bond acceptors (Lipinski definition) is 7. The van der Waals surface area contributed by atoms with Gasteiger partial charge in [-0.2, -0.15) is 0 Å². The van der Waals surface area contributed by atoms with Crippen LogP contribution in [0, 0.1) is 0 Å². The maximum absolute atomic E-state index is 12.0. The van der Waals surface area contributed by atoms with Crippen molar-refractivity contribution in [2.45, 2.75) is 102 Å². The van der Waals surface area contributed by atoms with Crippen LogP contribution in [0.3, 0.4) is 0 Å². The molecule has 0 bridgehead atoms. The Morgan fingerprint density at radius 1 is 0.775 bits per heavy atom.